The Labute approximate surface area is 100 Å². The van der Waals surface area contributed by atoms with E-state index in [-0.39, 0.29) is 5.60 Å². The van der Waals surface area contributed by atoms with Gasteiger partial charge in [-0.05, 0) is 51.4 Å². The molecule has 1 saturated heterocycles. The summed E-state index contributed by atoms with van der Waals surface area (Å²) in [4.78, 5) is 0. The lowest BCUT2D eigenvalue weighted by Crippen LogP contribution is -2.41. The molecule has 94 valence electrons. The highest BCUT2D eigenvalue weighted by atomic mass is 16.5. The summed E-state index contributed by atoms with van der Waals surface area (Å²) in [5.74, 6) is 0. The van der Waals surface area contributed by atoms with Crippen LogP contribution in [-0.4, -0.2) is 24.3 Å². The number of nitrogens with one attached hydrogen (secondary N) is 1. The molecule has 1 aliphatic heterocycles. The average molecular weight is 225 g/mol. The van der Waals surface area contributed by atoms with Gasteiger partial charge < -0.3 is 10.1 Å². The fraction of sp³-hybridized carbons (Fsp3) is 1.00. The molecule has 0 radical (unpaired) electrons. The lowest BCUT2D eigenvalue weighted by atomic mass is 9.69. The highest BCUT2D eigenvalue weighted by Gasteiger charge is 2.45. The second-order valence-corrected chi connectivity index (χ2v) is 6.82. The first kappa shape index (κ1) is 12.4. The van der Waals surface area contributed by atoms with Crippen molar-refractivity contribution >= 4 is 0 Å². The average Bonchev–Trinajstić information content (AvgIpc) is 2.46. The van der Waals surface area contributed by atoms with Gasteiger partial charge in [0.1, 0.15) is 0 Å². The molecule has 2 rings (SSSR count). The highest BCUT2D eigenvalue weighted by Crippen LogP contribution is 2.48. The molecule has 2 fully saturated rings. The largest absolute Gasteiger partial charge is 0.375 e. The fourth-order valence-corrected chi connectivity index (χ4v) is 3.54. The minimum atomic E-state index is 0.123. The molecular weight excluding hydrogens is 198 g/mol. The summed E-state index contributed by atoms with van der Waals surface area (Å²) in [5, 5.41) is 3.67. The second kappa shape index (κ2) is 4.30. The van der Waals surface area contributed by atoms with Crippen LogP contribution in [0.15, 0.2) is 0 Å². The van der Waals surface area contributed by atoms with E-state index in [1.165, 1.54) is 32.1 Å². The number of hydrogen-bond acceptors (Lipinski definition) is 2. The predicted molar refractivity (Wildman–Crippen MR) is 67.6 cm³/mol. The quantitative estimate of drug-likeness (QED) is 0.779. The predicted octanol–water partition coefficient (Wildman–Crippen LogP) is 3.11. The van der Waals surface area contributed by atoms with Crippen molar-refractivity contribution in [2.24, 2.45) is 5.41 Å². The summed E-state index contributed by atoms with van der Waals surface area (Å²) in [6.07, 6.45) is 6.62. The minimum Gasteiger partial charge on any atom is -0.375 e. The van der Waals surface area contributed by atoms with Crippen LogP contribution in [0.5, 0.6) is 0 Å². The third-order valence-electron chi connectivity index (χ3n) is 4.19. The molecule has 0 aromatic carbocycles. The van der Waals surface area contributed by atoms with Crippen molar-refractivity contribution in [3.8, 4) is 0 Å². The first-order valence-electron chi connectivity index (χ1n) is 6.81. The Morgan fingerprint density at radius 1 is 1.19 bits per heavy atom. The Kier molecular flexibility index (Phi) is 3.33. The summed E-state index contributed by atoms with van der Waals surface area (Å²) in [6.45, 7) is 9.95. The molecule has 2 heteroatoms. The van der Waals surface area contributed by atoms with Gasteiger partial charge in [-0.3, -0.25) is 0 Å². The van der Waals surface area contributed by atoms with Crippen LogP contribution in [0.2, 0.25) is 0 Å². The zero-order valence-corrected chi connectivity index (χ0v) is 11.3. The normalized spacial score (nSPS) is 38.4. The molecule has 0 unspecified atom stereocenters. The molecule has 16 heavy (non-hydrogen) atoms. The topological polar surface area (TPSA) is 21.3 Å². The monoisotopic (exact) mass is 225 g/mol. The molecule has 1 aliphatic carbocycles. The number of hydrogen-bond donors (Lipinski definition) is 1. The summed E-state index contributed by atoms with van der Waals surface area (Å²) in [5.41, 5.74) is 0.636. The maximum Gasteiger partial charge on any atom is 0.0632 e. The molecule has 0 bridgehead atoms. The van der Waals surface area contributed by atoms with Gasteiger partial charge in [0, 0.05) is 12.1 Å². The Morgan fingerprint density at radius 3 is 2.25 bits per heavy atom. The maximum absolute atomic E-state index is 5.93. The van der Waals surface area contributed by atoms with Gasteiger partial charge in [0.25, 0.3) is 0 Å². The summed E-state index contributed by atoms with van der Waals surface area (Å²) < 4.78 is 5.93. The standard InChI is InChI=1S/C14H27NO/c1-11(2)15-12-5-7-14(8-6-12)9-13(3,4)16-10-14/h11-12,15H,5-10H2,1-4H3. The molecule has 0 atom stereocenters. The summed E-state index contributed by atoms with van der Waals surface area (Å²) in [6, 6.07) is 1.37. The highest BCUT2D eigenvalue weighted by molar-refractivity contribution is 4.96. The molecule has 1 N–H and O–H groups in total. The van der Waals surface area contributed by atoms with Gasteiger partial charge in [0.05, 0.1) is 12.2 Å². The summed E-state index contributed by atoms with van der Waals surface area (Å²) in [7, 11) is 0. The Balaban J connectivity index is 1.86. The molecular formula is C14H27NO. The third-order valence-corrected chi connectivity index (χ3v) is 4.19. The molecule has 0 amide bonds. The van der Waals surface area contributed by atoms with Crippen LogP contribution in [0.25, 0.3) is 0 Å². The van der Waals surface area contributed by atoms with E-state index < -0.39 is 0 Å². The van der Waals surface area contributed by atoms with Crippen molar-refractivity contribution in [2.45, 2.75) is 77.5 Å². The van der Waals surface area contributed by atoms with Crippen LogP contribution in [0.3, 0.4) is 0 Å². The smallest absolute Gasteiger partial charge is 0.0632 e. The van der Waals surface area contributed by atoms with Crippen LogP contribution in [0.1, 0.15) is 59.8 Å². The van der Waals surface area contributed by atoms with Gasteiger partial charge in [0.15, 0.2) is 0 Å². The number of rotatable bonds is 2. The van der Waals surface area contributed by atoms with Crippen molar-refractivity contribution < 1.29 is 4.74 Å². The van der Waals surface area contributed by atoms with Crippen molar-refractivity contribution in [1.82, 2.24) is 5.32 Å². The minimum absolute atomic E-state index is 0.123. The van der Waals surface area contributed by atoms with E-state index >= 15 is 0 Å². The van der Waals surface area contributed by atoms with Gasteiger partial charge in [-0.1, -0.05) is 13.8 Å². The molecule has 2 nitrogen and oxygen atoms in total. The molecule has 0 aromatic rings. The van der Waals surface area contributed by atoms with Gasteiger partial charge in [-0.2, -0.15) is 0 Å². The summed E-state index contributed by atoms with van der Waals surface area (Å²) >= 11 is 0. The Hall–Kier alpha value is -0.0800. The van der Waals surface area contributed by atoms with Crippen LogP contribution < -0.4 is 5.32 Å². The Bertz CT molecular complexity index is 239. The van der Waals surface area contributed by atoms with E-state index in [4.69, 9.17) is 4.74 Å². The molecule has 1 heterocycles. The third kappa shape index (κ3) is 2.78. The zero-order chi connectivity index (χ0) is 11.8. The first-order valence-corrected chi connectivity index (χ1v) is 6.81. The van der Waals surface area contributed by atoms with Crippen LogP contribution in [0.4, 0.5) is 0 Å². The van der Waals surface area contributed by atoms with Crippen molar-refractivity contribution in [2.75, 3.05) is 6.61 Å². The molecule has 1 spiro atoms. The van der Waals surface area contributed by atoms with Crippen molar-refractivity contribution in [3.63, 3.8) is 0 Å². The fourth-order valence-electron chi connectivity index (χ4n) is 3.54. The Morgan fingerprint density at radius 2 is 1.81 bits per heavy atom. The van der Waals surface area contributed by atoms with Gasteiger partial charge >= 0.3 is 0 Å². The van der Waals surface area contributed by atoms with E-state index in [9.17, 15) is 0 Å². The van der Waals surface area contributed by atoms with E-state index in [0.29, 0.717) is 11.5 Å². The SMILES string of the molecule is CC(C)NC1CCC2(CC1)COC(C)(C)C2. The van der Waals surface area contributed by atoms with E-state index in [2.05, 4.69) is 33.0 Å². The van der Waals surface area contributed by atoms with Crippen LogP contribution >= 0.6 is 0 Å². The lowest BCUT2D eigenvalue weighted by molar-refractivity contribution is 0.0277. The lowest BCUT2D eigenvalue weighted by Gasteiger charge is -2.37. The number of ether oxygens (including phenoxy) is 1. The van der Waals surface area contributed by atoms with Gasteiger partial charge in [-0.25, -0.2) is 0 Å². The van der Waals surface area contributed by atoms with Crippen molar-refractivity contribution in [1.29, 1.82) is 0 Å². The van der Waals surface area contributed by atoms with Crippen LogP contribution in [-0.2, 0) is 4.74 Å². The molecule has 1 saturated carbocycles. The van der Waals surface area contributed by atoms with E-state index in [1.807, 2.05) is 0 Å². The maximum atomic E-state index is 5.93. The van der Waals surface area contributed by atoms with E-state index in [1.54, 1.807) is 0 Å². The van der Waals surface area contributed by atoms with E-state index in [0.717, 1.165) is 12.6 Å². The van der Waals surface area contributed by atoms with Crippen LogP contribution in [0, 0.1) is 5.41 Å². The van der Waals surface area contributed by atoms with Crippen molar-refractivity contribution in [3.05, 3.63) is 0 Å². The van der Waals surface area contributed by atoms with Gasteiger partial charge in [0.2, 0.25) is 0 Å². The van der Waals surface area contributed by atoms with Gasteiger partial charge in [-0.15, -0.1) is 0 Å². The zero-order valence-electron chi connectivity index (χ0n) is 11.3. The molecule has 0 aromatic heterocycles. The second-order valence-electron chi connectivity index (χ2n) is 6.82. The first-order chi connectivity index (χ1) is 7.41. The molecule has 2 aliphatic rings.